The molecule has 0 saturated carbocycles. The summed E-state index contributed by atoms with van der Waals surface area (Å²) in [5, 5.41) is 44.7. The molecule has 222 valence electrons. The van der Waals surface area contributed by atoms with Crippen LogP contribution in [0.5, 0.6) is 0 Å². The smallest absolute Gasteiger partial charge is 0.346 e. The molecule has 13 nitrogen and oxygen atoms in total. The summed E-state index contributed by atoms with van der Waals surface area (Å²) in [6.07, 6.45) is 0. The van der Waals surface area contributed by atoms with Gasteiger partial charge in [-0.3, -0.25) is 0 Å². The van der Waals surface area contributed by atoms with Gasteiger partial charge in [0.2, 0.25) is 0 Å². The first-order valence-corrected chi connectivity index (χ1v) is 13.5. The number of carbonyl (C=O) groups is 2. The van der Waals surface area contributed by atoms with Crippen molar-refractivity contribution in [1.29, 1.82) is 0 Å². The Hall–Kier alpha value is -2.98. The van der Waals surface area contributed by atoms with Gasteiger partial charge < -0.3 is 44.3 Å². The van der Waals surface area contributed by atoms with Crippen molar-refractivity contribution < 1.29 is 49.0 Å². The van der Waals surface area contributed by atoms with Crippen LogP contribution in [0.3, 0.4) is 0 Å². The molecule has 40 heavy (non-hydrogen) atoms. The second-order valence-corrected chi connectivity index (χ2v) is 9.40. The number of aliphatic hydroxyl groups is 2. The van der Waals surface area contributed by atoms with Gasteiger partial charge in [-0.05, 0) is 43.2 Å². The highest BCUT2D eigenvalue weighted by molar-refractivity contribution is 7.18. The van der Waals surface area contributed by atoms with Crippen LogP contribution < -0.4 is 4.90 Å². The average Bonchev–Trinajstić information content (AvgIpc) is 3.26. The number of anilines is 1. The van der Waals surface area contributed by atoms with Crippen LogP contribution in [0.15, 0.2) is 28.4 Å². The Morgan fingerprint density at radius 2 is 1.35 bits per heavy atom. The van der Waals surface area contributed by atoms with Gasteiger partial charge in [0.25, 0.3) is 0 Å². The predicted octanol–water partition coefficient (Wildman–Crippen LogP) is 3.03. The molecule has 0 amide bonds. The molecular formula is C26H37N3O10S. The van der Waals surface area contributed by atoms with Gasteiger partial charge in [-0.15, -0.1) is 21.6 Å². The molecule has 0 aliphatic heterocycles. The van der Waals surface area contributed by atoms with E-state index in [1.54, 1.807) is 6.07 Å². The fraction of sp³-hybridized carbons (Fsp3) is 0.538. The van der Waals surface area contributed by atoms with Gasteiger partial charge in [-0.2, -0.15) is 0 Å². The number of benzene rings is 1. The molecule has 1 aromatic carbocycles. The number of azo groups is 1. The zero-order valence-corrected chi connectivity index (χ0v) is 23.5. The Balaban J connectivity index is 2.10. The highest BCUT2D eigenvalue weighted by Gasteiger charge is 2.24. The van der Waals surface area contributed by atoms with Crippen LogP contribution in [0.4, 0.5) is 16.4 Å². The number of aromatic carboxylic acids is 2. The number of nitrogens with zero attached hydrogens (tertiary/aromatic N) is 3. The Bertz CT molecular complexity index is 1090. The zero-order chi connectivity index (χ0) is 29.3. The lowest BCUT2D eigenvalue weighted by Crippen LogP contribution is -2.31. The molecule has 2 aromatic rings. The lowest BCUT2D eigenvalue weighted by Gasteiger charge is -2.25. The van der Waals surface area contributed by atoms with Crippen molar-refractivity contribution in [3.05, 3.63) is 39.8 Å². The lowest BCUT2D eigenvalue weighted by molar-refractivity contribution is 0.0316. The van der Waals surface area contributed by atoms with Crippen molar-refractivity contribution in [2.45, 2.75) is 13.8 Å². The van der Waals surface area contributed by atoms with E-state index >= 15 is 0 Å². The number of aliphatic hydroxyl groups excluding tert-OH is 2. The van der Waals surface area contributed by atoms with Crippen LogP contribution in [-0.4, -0.2) is 112 Å². The van der Waals surface area contributed by atoms with Gasteiger partial charge >= 0.3 is 11.9 Å². The topological polar surface area (TPSA) is 180 Å². The number of rotatable bonds is 21. The van der Waals surface area contributed by atoms with Crippen LogP contribution in [0.1, 0.15) is 31.2 Å². The summed E-state index contributed by atoms with van der Waals surface area (Å²) in [6.45, 7) is 7.32. The Morgan fingerprint density at radius 1 is 0.800 bits per heavy atom. The average molecular weight is 584 g/mol. The summed E-state index contributed by atoms with van der Waals surface area (Å²) in [7, 11) is 0. The van der Waals surface area contributed by atoms with E-state index in [1.807, 2.05) is 19.1 Å². The summed E-state index contributed by atoms with van der Waals surface area (Å²) in [6, 6.07) is 5.54. The summed E-state index contributed by atoms with van der Waals surface area (Å²) < 4.78 is 21.7. The minimum absolute atomic E-state index is 0.0211. The number of hydrogen-bond donors (Lipinski definition) is 4. The molecule has 2 rings (SSSR count). The van der Waals surface area contributed by atoms with Gasteiger partial charge in [0.05, 0.1) is 71.8 Å². The lowest BCUT2D eigenvalue weighted by atomic mass is 10.1. The van der Waals surface area contributed by atoms with Crippen molar-refractivity contribution in [3.63, 3.8) is 0 Å². The highest BCUT2D eigenvalue weighted by atomic mass is 32.1. The summed E-state index contributed by atoms with van der Waals surface area (Å²) in [5.74, 6) is -2.47. The summed E-state index contributed by atoms with van der Waals surface area (Å²) in [4.78, 5) is 25.1. The minimum Gasteiger partial charge on any atom is -0.478 e. The second-order valence-electron chi connectivity index (χ2n) is 8.40. The summed E-state index contributed by atoms with van der Waals surface area (Å²) in [5.41, 5.74) is 2.16. The molecule has 0 saturated heterocycles. The van der Waals surface area contributed by atoms with Gasteiger partial charge in [-0.25, -0.2) is 9.59 Å². The Morgan fingerprint density at radius 3 is 1.82 bits per heavy atom. The molecule has 0 aliphatic rings. The number of carboxylic acid groups (broad SMARTS) is 2. The molecule has 14 heteroatoms. The maximum atomic E-state index is 11.7. The number of hydrogen-bond acceptors (Lipinski definition) is 12. The molecule has 0 atom stereocenters. The van der Waals surface area contributed by atoms with Gasteiger partial charge in [-0.1, -0.05) is 0 Å². The molecule has 4 N–H and O–H groups in total. The van der Waals surface area contributed by atoms with Gasteiger partial charge in [0.15, 0.2) is 5.00 Å². The molecule has 0 spiro atoms. The molecule has 0 bridgehead atoms. The Kier molecular flexibility index (Phi) is 15.3. The highest BCUT2D eigenvalue weighted by Crippen LogP contribution is 2.37. The fourth-order valence-electron chi connectivity index (χ4n) is 3.56. The van der Waals surface area contributed by atoms with Crippen molar-refractivity contribution in [1.82, 2.24) is 0 Å². The van der Waals surface area contributed by atoms with Crippen molar-refractivity contribution in [2.75, 3.05) is 84.1 Å². The third-order valence-corrected chi connectivity index (χ3v) is 6.72. The SMILES string of the molecule is Cc1cc(N(CCOCCOCCO)CCOCCOCCO)ccc1N=Nc1sc(C(=O)O)c(C)c1C(=O)O. The minimum atomic E-state index is -1.26. The monoisotopic (exact) mass is 583 g/mol. The van der Waals surface area contributed by atoms with E-state index in [-0.39, 0.29) is 47.4 Å². The molecule has 0 radical (unpaired) electrons. The maximum absolute atomic E-state index is 11.7. The first-order chi connectivity index (χ1) is 19.3. The van der Waals surface area contributed by atoms with Crippen LogP contribution in [-0.2, 0) is 18.9 Å². The van der Waals surface area contributed by atoms with E-state index in [0.29, 0.717) is 58.4 Å². The van der Waals surface area contributed by atoms with Crippen molar-refractivity contribution >= 4 is 39.7 Å². The van der Waals surface area contributed by atoms with Crippen molar-refractivity contribution in [2.24, 2.45) is 10.2 Å². The number of thiophene rings is 1. The predicted molar refractivity (Wildman–Crippen MR) is 148 cm³/mol. The van der Waals surface area contributed by atoms with E-state index in [2.05, 4.69) is 15.1 Å². The Labute approximate surface area is 236 Å². The molecular weight excluding hydrogens is 546 g/mol. The first kappa shape index (κ1) is 33.2. The second kappa shape index (κ2) is 18.4. The van der Waals surface area contributed by atoms with Crippen LogP contribution in [0, 0.1) is 13.8 Å². The molecule has 1 heterocycles. The third kappa shape index (κ3) is 10.9. The standard InChI is InChI=1S/C26H37N3O10S/c1-18-17-20(3-4-21(18)27-28-24-22(25(32)33)19(2)23(40-24)26(34)35)29(5-9-36-13-15-38-11-7-30)6-10-37-14-16-39-12-8-31/h3-4,17,30-31H,5-16H2,1-2H3,(H,32,33)(H,34,35). The quantitative estimate of drug-likeness (QED) is 0.125. The van der Waals surface area contributed by atoms with Crippen LogP contribution >= 0.6 is 11.3 Å². The van der Waals surface area contributed by atoms with Crippen LogP contribution in [0.25, 0.3) is 0 Å². The summed E-state index contributed by atoms with van der Waals surface area (Å²) >= 11 is 0.771. The zero-order valence-electron chi connectivity index (χ0n) is 22.7. The van der Waals surface area contributed by atoms with E-state index in [0.717, 1.165) is 22.6 Å². The van der Waals surface area contributed by atoms with Gasteiger partial charge in [0.1, 0.15) is 10.4 Å². The maximum Gasteiger partial charge on any atom is 0.346 e. The van der Waals surface area contributed by atoms with E-state index in [1.165, 1.54) is 6.92 Å². The van der Waals surface area contributed by atoms with E-state index < -0.39 is 11.9 Å². The first-order valence-electron chi connectivity index (χ1n) is 12.7. The molecule has 0 unspecified atom stereocenters. The number of carboxylic acids is 2. The third-order valence-electron chi connectivity index (χ3n) is 5.56. The van der Waals surface area contributed by atoms with Gasteiger partial charge in [0, 0.05) is 18.8 Å². The number of ether oxygens (including phenoxy) is 4. The number of aryl methyl sites for hydroxylation is 1. The van der Waals surface area contributed by atoms with E-state index in [9.17, 15) is 19.8 Å². The largest absolute Gasteiger partial charge is 0.478 e. The van der Waals surface area contributed by atoms with Crippen LogP contribution in [0.2, 0.25) is 0 Å². The fourth-order valence-corrected chi connectivity index (χ4v) is 4.52. The van der Waals surface area contributed by atoms with E-state index in [4.69, 9.17) is 29.2 Å². The molecule has 0 aliphatic carbocycles. The normalized spacial score (nSPS) is 11.4. The van der Waals surface area contributed by atoms with Crippen molar-refractivity contribution in [3.8, 4) is 0 Å². The molecule has 0 fully saturated rings. The molecule has 1 aromatic heterocycles.